The third-order valence-electron chi connectivity index (χ3n) is 3.86. The first-order valence-electron chi connectivity index (χ1n) is 6.58. The van der Waals surface area contributed by atoms with Gasteiger partial charge in [0.2, 0.25) is 5.91 Å². The zero-order valence-electron chi connectivity index (χ0n) is 11.3. The van der Waals surface area contributed by atoms with Gasteiger partial charge in [0.1, 0.15) is 6.54 Å². The molecule has 0 aromatic rings. The Bertz CT molecular complexity index is 464. The average Bonchev–Trinajstić information content (AvgIpc) is 2.94. The topological polar surface area (TPSA) is 113 Å². The van der Waals surface area contributed by atoms with Crippen LogP contribution >= 0.6 is 0 Å². The summed E-state index contributed by atoms with van der Waals surface area (Å²) in [6, 6.07) is -0.786. The van der Waals surface area contributed by atoms with Gasteiger partial charge in [-0.2, -0.15) is 0 Å². The van der Waals surface area contributed by atoms with Crippen LogP contribution in [-0.2, 0) is 14.4 Å². The molecule has 0 aromatic carbocycles. The maximum atomic E-state index is 11.9. The van der Waals surface area contributed by atoms with Crippen LogP contribution in [0, 0.1) is 5.92 Å². The molecule has 2 atom stereocenters. The normalized spacial score (nSPS) is 26.6. The van der Waals surface area contributed by atoms with Crippen molar-refractivity contribution >= 4 is 23.8 Å². The second kappa shape index (κ2) is 5.58. The minimum Gasteiger partial charge on any atom is -0.351 e. The quantitative estimate of drug-likeness (QED) is 0.489. The zero-order chi connectivity index (χ0) is 14.9. The molecule has 0 spiro atoms. The van der Waals surface area contributed by atoms with Gasteiger partial charge in [0, 0.05) is 13.1 Å². The Morgan fingerprint density at radius 1 is 1.30 bits per heavy atom. The van der Waals surface area contributed by atoms with Crippen molar-refractivity contribution in [2.75, 3.05) is 20.1 Å². The summed E-state index contributed by atoms with van der Waals surface area (Å²) < 4.78 is 0. The van der Waals surface area contributed by atoms with E-state index in [1.54, 1.807) is 0 Å². The van der Waals surface area contributed by atoms with E-state index in [2.05, 4.69) is 5.32 Å². The molecule has 2 aliphatic rings. The van der Waals surface area contributed by atoms with Crippen LogP contribution in [0.15, 0.2) is 0 Å². The molecule has 0 bridgehead atoms. The lowest BCUT2D eigenvalue weighted by atomic mass is 10.0. The number of hydrogen-bond donors (Lipinski definition) is 2. The molecular weight excluding hydrogens is 264 g/mol. The molecule has 2 unspecified atom stereocenters. The summed E-state index contributed by atoms with van der Waals surface area (Å²) in [6.07, 6.45) is 2.80. The monoisotopic (exact) mass is 282 g/mol. The molecule has 1 saturated heterocycles. The van der Waals surface area contributed by atoms with Crippen molar-refractivity contribution in [2.24, 2.45) is 11.7 Å². The molecule has 8 nitrogen and oxygen atoms in total. The zero-order valence-corrected chi connectivity index (χ0v) is 11.3. The van der Waals surface area contributed by atoms with Crippen LogP contribution in [0.5, 0.6) is 0 Å². The van der Waals surface area contributed by atoms with E-state index in [-0.39, 0.29) is 12.0 Å². The molecule has 1 heterocycles. The van der Waals surface area contributed by atoms with Crippen LogP contribution in [0.25, 0.3) is 0 Å². The third kappa shape index (κ3) is 2.51. The third-order valence-corrected chi connectivity index (χ3v) is 3.86. The van der Waals surface area contributed by atoms with Crippen molar-refractivity contribution in [1.29, 1.82) is 0 Å². The second-order valence-corrected chi connectivity index (χ2v) is 5.14. The van der Waals surface area contributed by atoms with Gasteiger partial charge in [-0.3, -0.25) is 19.3 Å². The molecule has 0 aromatic heterocycles. The predicted molar refractivity (Wildman–Crippen MR) is 68.2 cm³/mol. The molecule has 1 aliphatic heterocycles. The highest BCUT2D eigenvalue weighted by molar-refractivity contribution is 6.44. The van der Waals surface area contributed by atoms with Crippen LogP contribution < -0.4 is 11.1 Å². The summed E-state index contributed by atoms with van der Waals surface area (Å²) in [5.74, 6) is -2.09. The Morgan fingerprint density at radius 2 is 2.00 bits per heavy atom. The van der Waals surface area contributed by atoms with Gasteiger partial charge >= 0.3 is 17.8 Å². The summed E-state index contributed by atoms with van der Waals surface area (Å²) in [4.78, 5) is 47.7. The Balaban J connectivity index is 1.93. The molecule has 1 aliphatic carbocycles. The smallest absolute Gasteiger partial charge is 0.334 e. The number of imide groups is 2. The van der Waals surface area contributed by atoms with E-state index in [0.717, 1.165) is 19.3 Å². The van der Waals surface area contributed by atoms with Gasteiger partial charge in [-0.15, -0.1) is 0 Å². The summed E-state index contributed by atoms with van der Waals surface area (Å²) in [5.41, 5.74) is 5.62. The maximum absolute atomic E-state index is 11.9. The standard InChI is InChI=1S/C12H18N4O4/c1-15-10(18)11(19)16(12(15)20)6-9(17)14-8-4-2-3-7(8)5-13/h7-8H,2-6,13H2,1H3,(H,14,17). The number of amides is 5. The Labute approximate surface area is 116 Å². The van der Waals surface area contributed by atoms with Crippen LogP contribution in [0.4, 0.5) is 4.79 Å². The first kappa shape index (κ1) is 14.4. The van der Waals surface area contributed by atoms with Gasteiger partial charge in [0.25, 0.3) is 0 Å². The first-order valence-corrected chi connectivity index (χ1v) is 6.58. The van der Waals surface area contributed by atoms with Crippen LogP contribution in [0.1, 0.15) is 19.3 Å². The van der Waals surface area contributed by atoms with Gasteiger partial charge in [-0.1, -0.05) is 6.42 Å². The summed E-state index contributed by atoms with van der Waals surface area (Å²) in [7, 11) is 1.21. The number of nitrogens with zero attached hydrogens (tertiary/aromatic N) is 2. The number of rotatable bonds is 4. The second-order valence-electron chi connectivity index (χ2n) is 5.14. The molecule has 3 N–H and O–H groups in total. The summed E-state index contributed by atoms with van der Waals surface area (Å²) in [6.45, 7) is 0.0648. The largest absolute Gasteiger partial charge is 0.351 e. The van der Waals surface area contributed by atoms with Crippen molar-refractivity contribution in [3.05, 3.63) is 0 Å². The summed E-state index contributed by atoms with van der Waals surface area (Å²) >= 11 is 0. The lowest BCUT2D eigenvalue weighted by Crippen LogP contribution is -2.46. The fourth-order valence-corrected chi connectivity index (χ4v) is 2.66. The predicted octanol–water partition coefficient (Wildman–Crippen LogP) is -1.35. The fraction of sp³-hybridized carbons (Fsp3) is 0.667. The number of nitrogens with one attached hydrogen (secondary N) is 1. The highest BCUT2D eigenvalue weighted by atomic mass is 16.2. The lowest BCUT2D eigenvalue weighted by molar-refractivity contribution is -0.143. The van der Waals surface area contributed by atoms with Crippen molar-refractivity contribution in [1.82, 2.24) is 15.1 Å². The van der Waals surface area contributed by atoms with Crippen LogP contribution in [-0.4, -0.2) is 59.7 Å². The Hall–Kier alpha value is -1.96. The molecular formula is C12H18N4O4. The number of carbonyl (C=O) groups is 4. The van der Waals surface area contributed by atoms with E-state index in [0.29, 0.717) is 16.3 Å². The minimum absolute atomic E-state index is 0.0197. The van der Waals surface area contributed by atoms with E-state index in [4.69, 9.17) is 5.73 Å². The average molecular weight is 282 g/mol. The van der Waals surface area contributed by atoms with Crippen molar-refractivity contribution < 1.29 is 19.2 Å². The highest BCUT2D eigenvalue weighted by Crippen LogP contribution is 2.24. The van der Waals surface area contributed by atoms with E-state index in [1.807, 2.05) is 0 Å². The molecule has 5 amide bonds. The number of hydrogen-bond acceptors (Lipinski definition) is 5. The van der Waals surface area contributed by atoms with Crippen molar-refractivity contribution in [2.45, 2.75) is 25.3 Å². The van der Waals surface area contributed by atoms with Crippen molar-refractivity contribution in [3.63, 3.8) is 0 Å². The fourth-order valence-electron chi connectivity index (χ4n) is 2.66. The van der Waals surface area contributed by atoms with Gasteiger partial charge in [-0.05, 0) is 25.3 Å². The van der Waals surface area contributed by atoms with Gasteiger partial charge in [-0.25, -0.2) is 9.69 Å². The van der Waals surface area contributed by atoms with E-state index in [9.17, 15) is 19.2 Å². The molecule has 0 radical (unpaired) electrons. The van der Waals surface area contributed by atoms with Crippen LogP contribution in [0.3, 0.4) is 0 Å². The molecule has 20 heavy (non-hydrogen) atoms. The van der Waals surface area contributed by atoms with Gasteiger partial charge in [0.15, 0.2) is 0 Å². The number of urea groups is 1. The molecule has 2 fully saturated rings. The molecule has 110 valence electrons. The SMILES string of the molecule is CN1C(=O)C(=O)N(CC(=O)NC2CCCC2CN)C1=O. The minimum atomic E-state index is -0.963. The van der Waals surface area contributed by atoms with E-state index >= 15 is 0 Å². The highest BCUT2D eigenvalue weighted by Gasteiger charge is 2.43. The van der Waals surface area contributed by atoms with E-state index < -0.39 is 30.3 Å². The number of likely N-dealkylation sites (N-methyl/N-ethyl adjacent to an activating group) is 1. The number of carbonyl (C=O) groups excluding carboxylic acids is 4. The lowest BCUT2D eigenvalue weighted by Gasteiger charge is -2.20. The van der Waals surface area contributed by atoms with Gasteiger partial charge in [0.05, 0.1) is 0 Å². The molecule has 1 saturated carbocycles. The van der Waals surface area contributed by atoms with E-state index in [1.165, 1.54) is 7.05 Å². The van der Waals surface area contributed by atoms with Crippen LogP contribution in [0.2, 0.25) is 0 Å². The first-order chi connectivity index (χ1) is 9.45. The number of nitrogens with two attached hydrogens (primary N) is 1. The Kier molecular flexibility index (Phi) is 4.03. The molecule has 8 heteroatoms. The Morgan fingerprint density at radius 3 is 2.55 bits per heavy atom. The van der Waals surface area contributed by atoms with Gasteiger partial charge < -0.3 is 11.1 Å². The van der Waals surface area contributed by atoms with Crippen molar-refractivity contribution in [3.8, 4) is 0 Å². The molecule has 2 rings (SSSR count). The summed E-state index contributed by atoms with van der Waals surface area (Å²) in [5, 5.41) is 2.78. The maximum Gasteiger partial charge on any atom is 0.334 e.